The fourth-order valence-electron chi connectivity index (χ4n) is 1.50. The highest BCUT2D eigenvalue weighted by Gasteiger charge is 2.05. The van der Waals surface area contributed by atoms with E-state index in [0.717, 1.165) is 5.56 Å². The zero-order valence-corrected chi connectivity index (χ0v) is 11.0. The highest BCUT2D eigenvalue weighted by Crippen LogP contribution is 2.25. The van der Waals surface area contributed by atoms with Gasteiger partial charge in [0.15, 0.2) is 0 Å². The van der Waals surface area contributed by atoms with Crippen molar-refractivity contribution in [3.8, 4) is 11.6 Å². The number of nitrogens with zero attached hydrogens (tertiary/aromatic N) is 2. The second-order valence-corrected chi connectivity index (χ2v) is 4.32. The molecule has 0 amide bonds. The van der Waals surface area contributed by atoms with Crippen molar-refractivity contribution in [3.05, 3.63) is 40.7 Å². The Labute approximate surface area is 111 Å². The molecule has 0 saturated heterocycles. The van der Waals surface area contributed by atoms with E-state index in [0.29, 0.717) is 34.7 Å². The first kappa shape index (κ1) is 12.6. The van der Waals surface area contributed by atoms with E-state index in [1.807, 2.05) is 19.9 Å². The Morgan fingerprint density at radius 1 is 1.28 bits per heavy atom. The standard InChI is InChI=1S/C13H14ClN3O/c1-3-12-16-11(15)7-13(17-12)18-9-4-5-10(14)8(2)6-9/h4-7H,3H2,1-2H3,(H2,15,16,17). The lowest BCUT2D eigenvalue weighted by atomic mass is 10.2. The molecular formula is C13H14ClN3O. The van der Waals surface area contributed by atoms with Gasteiger partial charge in [-0.25, -0.2) is 4.98 Å². The molecule has 5 heteroatoms. The molecule has 0 aliphatic heterocycles. The van der Waals surface area contributed by atoms with Crippen LogP contribution in [0.25, 0.3) is 0 Å². The fraction of sp³-hybridized carbons (Fsp3) is 0.231. The van der Waals surface area contributed by atoms with E-state index in [2.05, 4.69) is 9.97 Å². The normalized spacial score (nSPS) is 10.4. The molecule has 1 heterocycles. The van der Waals surface area contributed by atoms with E-state index in [-0.39, 0.29) is 0 Å². The van der Waals surface area contributed by atoms with Gasteiger partial charge in [0, 0.05) is 17.5 Å². The molecule has 2 rings (SSSR count). The summed E-state index contributed by atoms with van der Waals surface area (Å²) in [5.74, 6) is 2.19. The molecule has 2 N–H and O–H groups in total. The molecule has 0 radical (unpaired) electrons. The number of hydrogen-bond acceptors (Lipinski definition) is 4. The molecule has 0 spiro atoms. The highest BCUT2D eigenvalue weighted by atomic mass is 35.5. The van der Waals surface area contributed by atoms with E-state index in [9.17, 15) is 0 Å². The summed E-state index contributed by atoms with van der Waals surface area (Å²) < 4.78 is 5.65. The lowest BCUT2D eigenvalue weighted by molar-refractivity contribution is 0.459. The summed E-state index contributed by atoms with van der Waals surface area (Å²) in [6.07, 6.45) is 0.709. The van der Waals surface area contributed by atoms with Crippen molar-refractivity contribution in [2.45, 2.75) is 20.3 Å². The first-order valence-corrected chi connectivity index (χ1v) is 6.03. The molecule has 0 atom stereocenters. The summed E-state index contributed by atoms with van der Waals surface area (Å²) in [5.41, 5.74) is 6.64. The molecule has 94 valence electrons. The first-order valence-electron chi connectivity index (χ1n) is 5.66. The van der Waals surface area contributed by atoms with Gasteiger partial charge in [0.05, 0.1) is 0 Å². The van der Waals surface area contributed by atoms with Crippen molar-refractivity contribution in [1.29, 1.82) is 0 Å². The lowest BCUT2D eigenvalue weighted by Gasteiger charge is -2.08. The number of nitrogens with two attached hydrogens (primary N) is 1. The van der Waals surface area contributed by atoms with Crippen molar-refractivity contribution in [1.82, 2.24) is 9.97 Å². The van der Waals surface area contributed by atoms with Crippen molar-refractivity contribution in [3.63, 3.8) is 0 Å². The quantitative estimate of drug-likeness (QED) is 0.922. The molecular weight excluding hydrogens is 250 g/mol. The number of aryl methyl sites for hydroxylation is 2. The summed E-state index contributed by atoms with van der Waals surface area (Å²) in [6.45, 7) is 3.88. The molecule has 18 heavy (non-hydrogen) atoms. The molecule has 1 aromatic heterocycles. The number of benzene rings is 1. The largest absolute Gasteiger partial charge is 0.439 e. The van der Waals surface area contributed by atoms with Crippen LogP contribution in [0.2, 0.25) is 5.02 Å². The number of anilines is 1. The third-order valence-electron chi connectivity index (χ3n) is 2.44. The van der Waals surface area contributed by atoms with Crippen LogP contribution in [0.3, 0.4) is 0 Å². The van der Waals surface area contributed by atoms with Gasteiger partial charge in [-0.15, -0.1) is 0 Å². The van der Waals surface area contributed by atoms with Gasteiger partial charge >= 0.3 is 0 Å². The number of halogens is 1. The van der Waals surface area contributed by atoms with Crippen LogP contribution in [0.15, 0.2) is 24.3 Å². The van der Waals surface area contributed by atoms with Crippen LogP contribution in [-0.4, -0.2) is 9.97 Å². The molecule has 0 unspecified atom stereocenters. The van der Waals surface area contributed by atoms with Crippen LogP contribution in [0.1, 0.15) is 18.3 Å². The van der Waals surface area contributed by atoms with Crippen LogP contribution in [0.4, 0.5) is 5.82 Å². The summed E-state index contributed by atoms with van der Waals surface area (Å²) in [6, 6.07) is 7.03. The predicted octanol–water partition coefficient (Wildman–Crippen LogP) is 3.38. The SMILES string of the molecule is CCc1nc(N)cc(Oc2ccc(Cl)c(C)c2)n1. The average Bonchev–Trinajstić information content (AvgIpc) is 2.33. The minimum atomic E-state index is 0.405. The predicted molar refractivity (Wildman–Crippen MR) is 72.1 cm³/mol. The zero-order valence-electron chi connectivity index (χ0n) is 10.3. The molecule has 0 saturated carbocycles. The third-order valence-corrected chi connectivity index (χ3v) is 2.86. The Morgan fingerprint density at radius 2 is 2.06 bits per heavy atom. The highest BCUT2D eigenvalue weighted by molar-refractivity contribution is 6.31. The molecule has 0 aliphatic rings. The summed E-state index contributed by atoms with van der Waals surface area (Å²) in [7, 11) is 0. The van der Waals surface area contributed by atoms with Gasteiger partial charge < -0.3 is 10.5 Å². The summed E-state index contributed by atoms with van der Waals surface area (Å²) >= 11 is 5.96. The molecule has 2 aromatic rings. The molecule has 0 fully saturated rings. The summed E-state index contributed by atoms with van der Waals surface area (Å²) in [4.78, 5) is 8.34. The molecule has 0 aliphatic carbocycles. The Bertz CT molecular complexity index is 572. The number of aromatic nitrogens is 2. The number of ether oxygens (including phenoxy) is 1. The number of hydrogen-bond donors (Lipinski definition) is 1. The second kappa shape index (κ2) is 5.23. The smallest absolute Gasteiger partial charge is 0.224 e. The molecule has 1 aromatic carbocycles. The first-order chi connectivity index (χ1) is 8.58. The maximum absolute atomic E-state index is 5.96. The van der Waals surface area contributed by atoms with Gasteiger partial charge in [0.25, 0.3) is 0 Å². The monoisotopic (exact) mass is 263 g/mol. The Morgan fingerprint density at radius 3 is 2.72 bits per heavy atom. The van der Waals surface area contributed by atoms with Crippen LogP contribution in [-0.2, 0) is 6.42 Å². The average molecular weight is 264 g/mol. The lowest BCUT2D eigenvalue weighted by Crippen LogP contribution is -2.00. The van der Waals surface area contributed by atoms with Crippen LogP contribution >= 0.6 is 11.6 Å². The van der Waals surface area contributed by atoms with Gasteiger partial charge in [-0.2, -0.15) is 4.98 Å². The van der Waals surface area contributed by atoms with Gasteiger partial charge in [-0.05, 0) is 30.7 Å². The van der Waals surface area contributed by atoms with Crippen molar-refractivity contribution in [2.75, 3.05) is 5.73 Å². The van der Waals surface area contributed by atoms with Gasteiger partial charge in [0.1, 0.15) is 17.4 Å². The number of rotatable bonds is 3. The minimum Gasteiger partial charge on any atom is -0.439 e. The van der Waals surface area contributed by atoms with Crippen LogP contribution in [0, 0.1) is 6.92 Å². The van der Waals surface area contributed by atoms with E-state index in [1.54, 1.807) is 18.2 Å². The van der Waals surface area contributed by atoms with Gasteiger partial charge in [0.2, 0.25) is 5.88 Å². The minimum absolute atomic E-state index is 0.405. The van der Waals surface area contributed by atoms with Crippen molar-refractivity contribution < 1.29 is 4.74 Å². The van der Waals surface area contributed by atoms with Crippen LogP contribution in [0.5, 0.6) is 11.6 Å². The van der Waals surface area contributed by atoms with E-state index in [4.69, 9.17) is 22.1 Å². The maximum atomic E-state index is 5.96. The third kappa shape index (κ3) is 2.90. The van der Waals surface area contributed by atoms with Gasteiger partial charge in [-0.3, -0.25) is 0 Å². The summed E-state index contributed by atoms with van der Waals surface area (Å²) in [5, 5.41) is 0.707. The Balaban J connectivity index is 2.27. The Kier molecular flexibility index (Phi) is 3.67. The van der Waals surface area contributed by atoms with E-state index < -0.39 is 0 Å². The fourth-order valence-corrected chi connectivity index (χ4v) is 1.62. The Hall–Kier alpha value is -1.81. The zero-order chi connectivity index (χ0) is 13.1. The van der Waals surface area contributed by atoms with E-state index in [1.165, 1.54) is 0 Å². The second-order valence-electron chi connectivity index (χ2n) is 3.91. The molecule has 0 bridgehead atoms. The topological polar surface area (TPSA) is 61.0 Å². The molecule has 4 nitrogen and oxygen atoms in total. The number of nitrogen functional groups attached to an aromatic ring is 1. The van der Waals surface area contributed by atoms with E-state index >= 15 is 0 Å². The van der Waals surface area contributed by atoms with Crippen LogP contribution < -0.4 is 10.5 Å². The van der Waals surface area contributed by atoms with Crippen molar-refractivity contribution >= 4 is 17.4 Å². The maximum Gasteiger partial charge on any atom is 0.224 e. The van der Waals surface area contributed by atoms with Crippen molar-refractivity contribution in [2.24, 2.45) is 0 Å². The van der Waals surface area contributed by atoms with Gasteiger partial charge in [-0.1, -0.05) is 18.5 Å².